The van der Waals surface area contributed by atoms with Gasteiger partial charge in [-0.05, 0) is 17.7 Å². The number of nitrogens with one attached hydrogen (secondary N) is 1. The molecular formula is C16H12N4O3S. The molecule has 0 saturated carbocycles. The van der Waals surface area contributed by atoms with E-state index in [1.807, 2.05) is 30.3 Å². The van der Waals surface area contributed by atoms with E-state index in [9.17, 15) is 14.9 Å². The van der Waals surface area contributed by atoms with Crippen LogP contribution in [0.2, 0.25) is 0 Å². The fourth-order valence-corrected chi connectivity index (χ4v) is 2.82. The van der Waals surface area contributed by atoms with E-state index in [4.69, 9.17) is 0 Å². The maximum absolute atomic E-state index is 12.1. The minimum absolute atomic E-state index is 0.0624. The predicted molar refractivity (Wildman–Crippen MR) is 90.2 cm³/mol. The summed E-state index contributed by atoms with van der Waals surface area (Å²) in [5.41, 5.74) is 1.37. The first kappa shape index (κ1) is 15.8. The minimum Gasteiger partial charge on any atom is -0.296 e. The molecule has 0 unspecified atom stereocenters. The zero-order valence-electron chi connectivity index (χ0n) is 12.4. The molecule has 1 heterocycles. The lowest BCUT2D eigenvalue weighted by Gasteiger charge is -2.00. The zero-order valence-corrected chi connectivity index (χ0v) is 13.2. The molecule has 7 nitrogen and oxygen atoms in total. The van der Waals surface area contributed by atoms with Gasteiger partial charge in [0.05, 0.1) is 4.92 Å². The molecular weight excluding hydrogens is 328 g/mol. The molecule has 0 aliphatic rings. The lowest BCUT2D eigenvalue weighted by atomic mass is 10.2. The van der Waals surface area contributed by atoms with E-state index in [0.717, 1.165) is 10.6 Å². The van der Waals surface area contributed by atoms with Crippen LogP contribution in [0.15, 0.2) is 54.6 Å². The van der Waals surface area contributed by atoms with Gasteiger partial charge in [0.15, 0.2) is 0 Å². The number of anilines is 1. The Morgan fingerprint density at radius 3 is 2.46 bits per heavy atom. The summed E-state index contributed by atoms with van der Waals surface area (Å²) in [6, 6.07) is 15.2. The monoisotopic (exact) mass is 340 g/mol. The highest BCUT2D eigenvalue weighted by molar-refractivity contribution is 7.15. The van der Waals surface area contributed by atoms with Crippen molar-refractivity contribution >= 4 is 28.1 Å². The minimum atomic E-state index is -0.512. The number of amides is 1. The van der Waals surface area contributed by atoms with E-state index in [-0.39, 0.29) is 11.6 Å². The molecule has 0 aliphatic heterocycles. The number of nitro groups is 1. The zero-order chi connectivity index (χ0) is 16.9. The summed E-state index contributed by atoms with van der Waals surface area (Å²) in [6.45, 7) is 0. The summed E-state index contributed by atoms with van der Waals surface area (Å²) in [5, 5.41) is 22.5. The molecule has 120 valence electrons. The third-order valence-electron chi connectivity index (χ3n) is 3.23. The second kappa shape index (κ2) is 6.97. The quantitative estimate of drug-likeness (QED) is 0.567. The molecule has 0 saturated heterocycles. The normalized spacial score (nSPS) is 10.3. The maximum atomic E-state index is 12.1. The first-order valence-electron chi connectivity index (χ1n) is 7.04. The van der Waals surface area contributed by atoms with Crippen molar-refractivity contribution in [2.45, 2.75) is 6.42 Å². The van der Waals surface area contributed by atoms with Gasteiger partial charge in [-0.15, -0.1) is 10.2 Å². The Labute approximate surface area is 141 Å². The first-order valence-corrected chi connectivity index (χ1v) is 7.85. The molecule has 0 bridgehead atoms. The summed E-state index contributed by atoms with van der Waals surface area (Å²) in [7, 11) is 0. The third-order valence-corrected chi connectivity index (χ3v) is 4.06. The van der Waals surface area contributed by atoms with Gasteiger partial charge in [-0.1, -0.05) is 41.7 Å². The summed E-state index contributed by atoms with van der Waals surface area (Å²) in [5.74, 6) is -0.382. The van der Waals surface area contributed by atoms with Gasteiger partial charge in [0, 0.05) is 24.1 Å². The van der Waals surface area contributed by atoms with Crippen LogP contribution in [0.1, 0.15) is 20.9 Å². The van der Waals surface area contributed by atoms with E-state index in [1.54, 1.807) is 0 Å². The van der Waals surface area contributed by atoms with Gasteiger partial charge in [-0.2, -0.15) is 0 Å². The Morgan fingerprint density at radius 2 is 1.79 bits per heavy atom. The lowest BCUT2D eigenvalue weighted by Crippen LogP contribution is -2.11. The molecule has 0 atom stereocenters. The SMILES string of the molecule is O=C(Nc1nnc(Cc2ccccc2)s1)c1ccc([N+](=O)[O-])cc1. The smallest absolute Gasteiger partial charge is 0.269 e. The fourth-order valence-electron chi connectivity index (χ4n) is 2.05. The second-order valence-corrected chi connectivity index (χ2v) is 5.98. The third kappa shape index (κ3) is 3.79. The van der Waals surface area contributed by atoms with Crippen molar-refractivity contribution < 1.29 is 9.72 Å². The Bertz CT molecular complexity index is 863. The molecule has 3 aromatic rings. The van der Waals surface area contributed by atoms with E-state index >= 15 is 0 Å². The number of hydrogen-bond acceptors (Lipinski definition) is 6. The lowest BCUT2D eigenvalue weighted by molar-refractivity contribution is -0.384. The van der Waals surface area contributed by atoms with Crippen LogP contribution in [0.3, 0.4) is 0 Å². The molecule has 0 radical (unpaired) electrons. The number of nitro benzene ring substituents is 1. The van der Waals surface area contributed by atoms with Gasteiger partial charge < -0.3 is 0 Å². The van der Waals surface area contributed by atoms with E-state index < -0.39 is 4.92 Å². The number of carbonyl (C=O) groups excluding carboxylic acids is 1. The molecule has 2 aromatic carbocycles. The largest absolute Gasteiger partial charge is 0.296 e. The molecule has 0 spiro atoms. The Balaban J connectivity index is 1.65. The fraction of sp³-hybridized carbons (Fsp3) is 0.0625. The van der Waals surface area contributed by atoms with Crippen LogP contribution in [-0.4, -0.2) is 21.0 Å². The summed E-state index contributed by atoms with van der Waals surface area (Å²) in [4.78, 5) is 22.2. The van der Waals surface area contributed by atoms with Crippen molar-refractivity contribution in [2.24, 2.45) is 0 Å². The van der Waals surface area contributed by atoms with Crippen LogP contribution in [0.4, 0.5) is 10.8 Å². The van der Waals surface area contributed by atoms with Crippen molar-refractivity contribution in [2.75, 3.05) is 5.32 Å². The molecule has 1 amide bonds. The number of carbonyl (C=O) groups is 1. The molecule has 0 aliphatic carbocycles. The maximum Gasteiger partial charge on any atom is 0.269 e. The number of rotatable bonds is 5. The van der Waals surface area contributed by atoms with Crippen molar-refractivity contribution in [3.63, 3.8) is 0 Å². The highest BCUT2D eigenvalue weighted by Crippen LogP contribution is 2.20. The number of non-ortho nitro benzene ring substituents is 1. The highest BCUT2D eigenvalue weighted by atomic mass is 32.1. The van der Waals surface area contributed by atoms with E-state index in [2.05, 4.69) is 15.5 Å². The number of benzene rings is 2. The Morgan fingerprint density at radius 1 is 1.08 bits per heavy atom. The number of hydrogen-bond donors (Lipinski definition) is 1. The molecule has 8 heteroatoms. The second-order valence-electron chi connectivity index (χ2n) is 4.92. The number of nitrogens with zero attached hydrogens (tertiary/aromatic N) is 3. The average Bonchev–Trinajstić information content (AvgIpc) is 3.02. The topological polar surface area (TPSA) is 98.0 Å². The van der Waals surface area contributed by atoms with Gasteiger partial charge in [0.25, 0.3) is 11.6 Å². The predicted octanol–water partition coefficient (Wildman–Crippen LogP) is 3.29. The van der Waals surface area contributed by atoms with Crippen LogP contribution in [-0.2, 0) is 6.42 Å². The van der Waals surface area contributed by atoms with Crippen molar-refractivity contribution in [3.05, 3.63) is 80.8 Å². The van der Waals surface area contributed by atoms with Crippen LogP contribution >= 0.6 is 11.3 Å². The Hall–Kier alpha value is -3.13. The van der Waals surface area contributed by atoms with Crippen molar-refractivity contribution in [3.8, 4) is 0 Å². The van der Waals surface area contributed by atoms with Crippen LogP contribution < -0.4 is 5.32 Å². The molecule has 1 N–H and O–H groups in total. The molecule has 3 rings (SSSR count). The summed E-state index contributed by atoms with van der Waals surface area (Å²) >= 11 is 1.30. The van der Waals surface area contributed by atoms with Gasteiger partial charge >= 0.3 is 0 Å². The van der Waals surface area contributed by atoms with Gasteiger partial charge in [-0.25, -0.2) is 0 Å². The van der Waals surface area contributed by atoms with Gasteiger partial charge in [0.1, 0.15) is 5.01 Å². The average molecular weight is 340 g/mol. The van der Waals surface area contributed by atoms with Crippen molar-refractivity contribution in [1.29, 1.82) is 0 Å². The van der Waals surface area contributed by atoms with E-state index in [1.165, 1.54) is 35.6 Å². The Kier molecular flexibility index (Phi) is 4.57. The van der Waals surface area contributed by atoms with Gasteiger partial charge in [0.2, 0.25) is 5.13 Å². The molecule has 24 heavy (non-hydrogen) atoms. The first-order chi connectivity index (χ1) is 11.6. The number of aromatic nitrogens is 2. The summed E-state index contributed by atoms with van der Waals surface area (Å²) < 4.78 is 0. The van der Waals surface area contributed by atoms with Crippen LogP contribution in [0.5, 0.6) is 0 Å². The molecule has 1 aromatic heterocycles. The van der Waals surface area contributed by atoms with Crippen molar-refractivity contribution in [1.82, 2.24) is 10.2 Å². The summed E-state index contributed by atoms with van der Waals surface area (Å²) in [6.07, 6.45) is 0.645. The van der Waals surface area contributed by atoms with Gasteiger partial charge in [-0.3, -0.25) is 20.2 Å². The van der Waals surface area contributed by atoms with Crippen LogP contribution in [0, 0.1) is 10.1 Å². The van der Waals surface area contributed by atoms with Crippen LogP contribution in [0.25, 0.3) is 0 Å². The van der Waals surface area contributed by atoms with E-state index in [0.29, 0.717) is 17.1 Å². The highest BCUT2D eigenvalue weighted by Gasteiger charge is 2.12. The molecule has 0 fully saturated rings. The standard InChI is InChI=1S/C16H12N4O3S/c21-15(12-6-8-13(9-7-12)20(22)23)17-16-19-18-14(24-16)10-11-4-2-1-3-5-11/h1-9H,10H2,(H,17,19,21).